The number of aromatic nitrogens is 2. The Kier molecular flexibility index (Phi) is 9.01. The fourth-order valence-electron chi connectivity index (χ4n) is 3.39. The third kappa shape index (κ3) is 6.68. The second-order valence-electron chi connectivity index (χ2n) is 7.50. The molecule has 2 aromatic rings. The quantitative estimate of drug-likeness (QED) is 0.374. The van der Waals surface area contributed by atoms with Crippen molar-refractivity contribution in [3.8, 4) is 5.69 Å². The van der Waals surface area contributed by atoms with E-state index in [1.54, 1.807) is 6.20 Å². The van der Waals surface area contributed by atoms with Gasteiger partial charge in [-0.25, -0.2) is 9.98 Å². The van der Waals surface area contributed by atoms with Gasteiger partial charge in [0.15, 0.2) is 5.96 Å². The molecule has 0 saturated heterocycles. The number of hydrogen-bond donors (Lipinski definition) is 2. The van der Waals surface area contributed by atoms with E-state index in [2.05, 4.69) is 73.3 Å². The minimum absolute atomic E-state index is 0.571. The van der Waals surface area contributed by atoms with Crippen molar-refractivity contribution < 1.29 is 0 Å². The fraction of sp³-hybridized carbons (Fsp3) is 0.545. The van der Waals surface area contributed by atoms with E-state index in [0.29, 0.717) is 18.6 Å². The summed E-state index contributed by atoms with van der Waals surface area (Å²) in [5, 5.41) is 6.82. The molecule has 6 nitrogen and oxygen atoms in total. The molecule has 1 heterocycles. The molecule has 2 rings (SSSR count). The zero-order chi connectivity index (χ0) is 20.4. The summed E-state index contributed by atoms with van der Waals surface area (Å²) >= 11 is 0. The van der Waals surface area contributed by atoms with Crippen LogP contribution >= 0.6 is 0 Å². The molecule has 0 atom stereocenters. The summed E-state index contributed by atoms with van der Waals surface area (Å²) in [5.74, 6) is 0.864. The lowest BCUT2D eigenvalue weighted by Gasteiger charge is -2.30. The van der Waals surface area contributed by atoms with Gasteiger partial charge in [-0.15, -0.1) is 0 Å². The number of benzene rings is 1. The first-order valence-electron chi connectivity index (χ1n) is 10.4. The summed E-state index contributed by atoms with van der Waals surface area (Å²) in [7, 11) is 0. The molecule has 0 radical (unpaired) electrons. The molecule has 1 aromatic carbocycles. The minimum Gasteiger partial charge on any atom is -0.357 e. The maximum absolute atomic E-state index is 4.79. The number of hydrogen-bond acceptors (Lipinski definition) is 3. The van der Waals surface area contributed by atoms with E-state index < -0.39 is 0 Å². The highest BCUT2D eigenvalue weighted by Gasteiger charge is 2.12. The highest BCUT2D eigenvalue weighted by atomic mass is 15.2. The highest BCUT2D eigenvalue weighted by Crippen LogP contribution is 2.15. The molecule has 0 unspecified atom stereocenters. The van der Waals surface area contributed by atoms with Gasteiger partial charge < -0.3 is 15.2 Å². The second kappa shape index (κ2) is 11.5. The first-order chi connectivity index (χ1) is 13.5. The summed E-state index contributed by atoms with van der Waals surface area (Å²) in [6.45, 7) is 14.6. The molecular weight excluding hydrogens is 348 g/mol. The Morgan fingerprint density at radius 3 is 2.54 bits per heavy atom. The van der Waals surface area contributed by atoms with E-state index in [0.717, 1.165) is 37.7 Å². The Morgan fingerprint density at radius 2 is 1.89 bits per heavy atom. The number of para-hydroxylation sites is 1. The van der Waals surface area contributed by atoms with Crippen LogP contribution in [0.15, 0.2) is 48.0 Å². The summed E-state index contributed by atoms with van der Waals surface area (Å²) in [4.78, 5) is 11.5. The van der Waals surface area contributed by atoms with Gasteiger partial charge in [-0.2, -0.15) is 0 Å². The topological polar surface area (TPSA) is 57.5 Å². The Bertz CT molecular complexity index is 698. The van der Waals surface area contributed by atoms with E-state index in [1.165, 1.54) is 5.56 Å². The molecule has 1 aromatic heterocycles. The molecule has 28 heavy (non-hydrogen) atoms. The highest BCUT2D eigenvalue weighted by molar-refractivity contribution is 5.79. The molecule has 0 fully saturated rings. The molecule has 154 valence electrons. The van der Waals surface area contributed by atoms with Gasteiger partial charge in [0.25, 0.3) is 0 Å². The van der Waals surface area contributed by atoms with Crippen LogP contribution in [0.25, 0.3) is 5.69 Å². The van der Waals surface area contributed by atoms with Crippen LogP contribution in [0.2, 0.25) is 0 Å². The molecule has 0 spiro atoms. The van der Waals surface area contributed by atoms with Crippen molar-refractivity contribution in [2.75, 3.05) is 19.6 Å². The second-order valence-corrected chi connectivity index (χ2v) is 7.50. The first-order valence-corrected chi connectivity index (χ1v) is 10.4. The van der Waals surface area contributed by atoms with E-state index >= 15 is 0 Å². The first kappa shape index (κ1) is 22.0. The predicted molar refractivity (Wildman–Crippen MR) is 118 cm³/mol. The van der Waals surface area contributed by atoms with E-state index in [-0.39, 0.29) is 0 Å². The monoisotopic (exact) mass is 384 g/mol. The van der Waals surface area contributed by atoms with Crippen LogP contribution in [-0.2, 0) is 6.54 Å². The lowest BCUT2D eigenvalue weighted by atomic mass is 10.2. The zero-order valence-corrected chi connectivity index (χ0v) is 18.0. The average Bonchev–Trinajstić information content (AvgIpc) is 3.20. The van der Waals surface area contributed by atoms with Gasteiger partial charge in [-0.05, 0) is 52.7 Å². The van der Waals surface area contributed by atoms with E-state index in [9.17, 15) is 0 Å². The Balaban J connectivity index is 1.94. The van der Waals surface area contributed by atoms with Crippen LogP contribution in [0.5, 0.6) is 0 Å². The van der Waals surface area contributed by atoms with Crippen molar-refractivity contribution in [3.63, 3.8) is 0 Å². The summed E-state index contributed by atoms with van der Waals surface area (Å²) in [5.41, 5.74) is 2.28. The Labute approximate surface area is 170 Å². The average molecular weight is 385 g/mol. The Morgan fingerprint density at radius 1 is 1.14 bits per heavy atom. The van der Waals surface area contributed by atoms with Gasteiger partial charge in [0.2, 0.25) is 0 Å². The molecule has 0 aliphatic rings. The van der Waals surface area contributed by atoms with Crippen molar-refractivity contribution in [1.82, 2.24) is 25.1 Å². The lowest BCUT2D eigenvalue weighted by molar-refractivity contribution is 0.173. The standard InChI is InChI=1S/C22H36N6/c1-6-24-22(25-12-9-14-28(18(2)3)19(4)5)26-16-20-10-7-8-11-21(20)27-15-13-23-17-27/h7-8,10-11,13,15,17-19H,6,9,12,14,16H2,1-5H3,(H2,24,25,26). The van der Waals surface area contributed by atoms with Crippen molar-refractivity contribution in [2.24, 2.45) is 4.99 Å². The number of nitrogens with zero attached hydrogens (tertiary/aromatic N) is 4. The lowest BCUT2D eigenvalue weighted by Crippen LogP contribution is -2.41. The number of guanidine groups is 1. The third-order valence-electron chi connectivity index (χ3n) is 4.74. The van der Waals surface area contributed by atoms with E-state index in [1.807, 2.05) is 23.2 Å². The van der Waals surface area contributed by atoms with Crippen molar-refractivity contribution in [3.05, 3.63) is 48.5 Å². The van der Waals surface area contributed by atoms with Crippen LogP contribution in [0.4, 0.5) is 0 Å². The number of imidazole rings is 1. The van der Waals surface area contributed by atoms with Crippen molar-refractivity contribution >= 4 is 5.96 Å². The third-order valence-corrected chi connectivity index (χ3v) is 4.74. The van der Waals surface area contributed by atoms with Crippen molar-refractivity contribution in [2.45, 2.75) is 59.7 Å². The van der Waals surface area contributed by atoms with Crippen molar-refractivity contribution in [1.29, 1.82) is 0 Å². The molecule has 0 aliphatic heterocycles. The zero-order valence-electron chi connectivity index (χ0n) is 18.0. The molecule has 2 N–H and O–H groups in total. The molecule has 0 saturated carbocycles. The maximum atomic E-state index is 4.79. The predicted octanol–water partition coefficient (Wildman–Crippen LogP) is 3.44. The Hall–Kier alpha value is -2.34. The summed E-state index contributed by atoms with van der Waals surface area (Å²) in [6, 6.07) is 9.45. The smallest absolute Gasteiger partial charge is 0.191 e. The maximum Gasteiger partial charge on any atom is 0.191 e. The van der Waals surface area contributed by atoms with Gasteiger partial charge in [-0.1, -0.05) is 18.2 Å². The van der Waals surface area contributed by atoms with Gasteiger partial charge in [-0.3, -0.25) is 4.90 Å². The molecule has 0 aliphatic carbocycles. The normalized spacial score (nSPS) is 12.2. The number of rotatable bonds is 10. The molecule has 0 amide bonds. The minimum atomic E-state index is 0.571. The molecule has 6 heteroatoms. The van der Waals surface area contributed by atoms with Gasteiger partial charge in [0.1, 0.15) is 0 Å². The molecular formula is C22H36N6. The fourth-order valence-corrected chi connectivity index (χ4v) is 3.39. The summed E-state index contributed by atoms with van der Waals surface area (Å²) < 4.78 is 2.03. The number of aliphatic imine (C=N–C) groups is 1. The van der Waals surface area contributed by atoms with Gasteiger partial charge in [0.05, 0.1) is 18.6 Å². The van der Waals surface area contributed by atoms with Crippen LogP contribution in [-0.4, -0.2) is 52.1 Å². The van der Waals surface area contributed by atoms with Gasteiger partial charge >= 0.3 is 0 Å². The van der Waals surface area contributed by atoms with Crippen LogP contribution in [0.3, 0.4) is 0 Å². The van der Waals surface area contributed by atoms with Crippen LogP contribution < -0.4 is 10.6 Å². The summed E-state index contributed by atoms with van der Waals surface area (Å²) in [6.07, 6.45) is 6.66. The molecule has 0 bridgehead atoms. The van der Waals surface area contributed by atoms with Crippen LogP contribution in [0, 0.1) is 0 Å². The SMILES string of the molecule is CCNC(=NCc1ccccc1-n1ccnc1)NCCCN(C(C)C)C(C)C. The number of nitrogens with one attached hydrogen (secondary N) is 2. The van der Waals surface area contributed by atoms with Crippen LogP contribution in [0.1, 0.15) is 46.6 Å². The van der Waals surface area contributed by atoms with E-state index in [4.69, 9.17) is 4.99 Å². The largest absolute Gasteiger partial charge is 0.357 e. The van der Waals surface area contributed by atoms with Gasteiger partial charge in [0, 0.05) is 44.1 Å².